The molecule has 1 aliphatic rings. The third kappa shape index (κ3) is 2.93. The molecule has 0 fully saturated rings. The topological polar surface area (TPSA) is 75.4 Å². The lowest BCUT2D eigenvalue weighted by atomic mass is 10.1. The van der Waals surface area contributed by atoms with E-state index in [0.29, 0.717) is 6.54 Å². The molecule has 0 saturated carbocycles. The molecule has 1 heterocycles. The van der Waals surface area contributed by atoms with Crippen molar-refractivity contribution in [3.05, 3.63) is 29.8 Å². The van der Waals surface area contributed by atoms with Gasteiger partial charge in [0.25, 0.3) is 0 Å². The molecular formula is C14H19N3O2. The third-order valence-electron chi connectivity index (χ3n) is 3.17. The number of para-hydroxylation sites is 1. The second-order valence-corrected chi connectivity index (χ2v) is 5.33. The zero-order chi connectivity index (χ0) is 14.0. The van der Waals surface area contributed by atoms with Crippen LogP contribution in [0.3, 0.4) is 0 Å². The number of nitrogens with one attached hydrogen (secondary N) is 1. The van der Waals surface area contributed by atoms with Crippen LogP contribution in [0, 0.1) is 0 Å². The van der Waals surface area contributed by atoms with Crippen molar-refractivity contribution in [3.63, 3.8) is 0 Å². The van der Waals surface area contributed by atoms with Gasteiger partial charge in [-0.2, -0.15) is 0 Å². The van der Waals surface area contributed by atoms with Crippen LogP contribution in [0.4, 0.5) is 5.69 Å². The molecule has 0 bridgehead atoms. The van der Waals surface area contributed by atoms with Crippen molar-refractivity contribution in [2.24, 2.45) is 5.73 Å². The Balaban J connectivity index is 1.98. The summed E-state index contributed by atoms with van der Waals surface area (Å²) in [6.45, 7) is 3.86. The lowest BCUT2D eigenvalue weighted by Gasteiger charge is -2.20. The zero-order valence-corrected chi connectivity index (χ0v) is 11.3. The van der Waals surface area contributed by atoms with Crippen molar-refractivity contribution in [2.45, 2.75) is 25.8 Å². The van der Waals surface area contributed by atoms with E-state index < -0.39 is 5.54 Å². The fourth-order valence-corrected chi connectivity index (χ4v) is 2.08. The first-order valence-electron chi connectivity index (χ1n) is 6.35. The van der Waals surface area contributed by atoms with Crippen molar-refractivity contribution >= 4 is 17.5 Å². The normalized spacial score (nSPS) is 14.2. The van der Waals surface area contributed by atoms with Gasteiger partial charge in [0.05, 0.1) is 12.1 Å². The second-order valence-electron chi connectivity index (χ2n) is 5.33. The summed E-state index contributed by atoms with van der Waals surface area (Å²) in [6, 6.07) is 7.82. The van der Waals surface area contributed by atoms with Crippen LogP contribution in [0.2, 0.25) is 0 Å². The first-order chi connectivity index (χ1) is 8.89. The Kier molecular flexibility index (Phi) is 3.57. The minimum atomic E-state index is -0.969. The van der Waals surface area contributed by atoms with Crippen molar-refractivity contribution in [3.8, 4) is 0 Å². The predicted molar refractivity (Wildman–Crippen MR) is 73.8 cm³/mol. The smallest absolute Gasteiger partial charge is 0.246 e. The molecule has 0 aromatic heterocycles. The van der Waals surface area contributed by atoms with E-state index in [-0.39, 0.29) is 18.4 Å². The number of carbonyl (C=O) groups is 2. The number of nitrogens with zero attached hydrogens (tertiary/aromatic N) is 1. The number of amides is 2. The summed E-state index contributed by atoms with van der Waals surface area (Å²) in [7, 11) is 0. The quantitative estimate of drug-likeness (QED) is 0.828. The molecular weight excluding hydrogens is 242 g/mol. The Morgan fingerprint density at radius 3 is 2.74 bits per heavy atom. The summed E-state index contributed by atoms with van der Waals surface area (Å²) in [6.07, 6.45) is 0.859. The number of fused-ring (bicyclic) bond motifs is 1. The summed E-state index contributed by atoms with van der Waals surface area (Å²) < 4.78 is 0. The number of hydrogen-bond acceptors (Lipinski definition) is 3. The summed E-state index contributed by atoms with van der Waals surface area (Å²) in [5.41, 5.74) is 6.80. The van der Waals surface area contributed by atoms with Crippen molar-refractivity contribution in [2.75, 3.05) is 18.0 Å². The molecule has 1 aromatic rings. The van der Waals surface area contributed by atoms with Gasteiger partial charge in [-0.1, -0.05) is 18.2 Å². The van der Waals surface area contributed by atoms with Gasteiger partial charge < -0.3 is 16.0 Å². The Bertz CT molecular complexity index is 506. The third-order valence-corrected chi connectivity index (χ3v) is 3.17. The van der Waals surface area contributed by atoms with Crippen LogP contribution in [0.1, 0.15) is 19.4 Å². The lowest BCUT2D eigenvalue weighted by molar-refractivity contribution is -0.127. The van der Waals surface area contributed by atoms with E-state index in [4.69, 9.17) is 5.73 Å². The maximum absolute atomic E-state index is 12.1. The van der Waals surface area contributed by atoms with Crippen LogP contribution in [0.25, 0.3) is 0 Å². The van der Waals surface area contributed by atoms with E-state index in [1.54, 1.807) is 18.7 Å². The first kappa shape index (κ1) is 13.5. The van der Waals surface area contributed by atoms with E-state index in [9.17, 15) is 9.59 Å². The van der Waals surface area contributed by atoms with E-state index in [0.717, 1.165) is 12.1 Å². The highest BCUT2D eigenvalue weighted by Gasteiger charge is 2.26. The SMILES string of the molecule is CC(C)(N)C(=O)NCC(=O)N1CCc2ccccc21. The number of hydrogen-bond donors (Lipinski definition) is 2. The van der Waals surface area contributed by atoms with Gasteiger partial charge in [0.1, 0.15) is 0 Å². The molecule has 19 heavy (non-hydrogen) atoms. The molecule has 0 atom stereocenters. The molecule has 0 saturated heterocycles. The van der Waals surface area contributed by atoms with E-state index in [1.165, 1.54) is 5.56 Å². The fourth-order valence-electron chi connectivity index (χ4n) is 2.08. The van der Waals surface area contributed by atoms with Crippen LogP contribution >= 0.6 is 0 Å². The Morgan fingerprint density at radius 1 is 1.37 bits per heavy atom. The van der Waals surface area contributed by atoms with E-state index in [2.05, 4.69) is 5.32 Å². The Labute approximate surface area is 112 Å². The van der Waals surface area contributed by atoms with Crippen molar-refractivity contribution < 1.29 is 9.59 Å². The van der Waals surface area contributed by atoms with Gasteiger partial charge >= 0.3 is 0 Å². The molecule has 0 spiro atoms. The van der Waals surface area contributed by atoms with E-state index >= 15 is 0 Å². The van der Waals surface area contributed by atoms with Gasteiger partial charge in [0, 0.05) is 12.2 Å². The lowest BCUT2D eigenvalue weighted by Crippen LogP contribution is -2.51. The van der Waals surface area contributed by atoms with Crippen molar-refractivity contribution in [1.29, 1.82) is 0 Å². The Hall–Kier alpha value is -1.88. The predicted octanol–water partition coefficient (Wildman–Crippen LogP) is 0.429. The van der Waals surface area contributed by atoms with Gasteiger partial charge in [-0.05, 0) is 31.9 Å². The maximum atomic E-state index is 12.1. The van der Waals surface area contributed by atoms with Crippen LogP contribution in [0.5, 0.6) is 0 Å². The number of carbonyl (C=O) groups excluding carboxylic acids is 2. The highest BCUT2D eigenvalue weighted by Crippen LogP contribution is 2.27. The van der Waals surface area contributed by atoms with Crippen LogP contribution in [-0.4, -0.2) is 30.4 Å². The molecule has 0 radical (unpaired) electrons. The zero-order valence-electron chi connectivity index (χ0n) is 11.3. The molecule has 5 heteroatoms. The first-order valence-corrected chi connectivity index (χ1v) is 6.35. The van der Waals surface area contributed by atoms with Gasteiger partial charge in [-0.3, -0.25) is 9.59 Å². The van der Waals surface area contributed by atoms with E-state index in [1.807, 2.05) is 24.3 Å². The highest BCUT2D eigenvalue weighted by atomic mass is 16.2. The molecule has 2 rings (SSSR count). The average Bonchev–Trinajstić information content (AvgIpc) is 2.78. The molecule has 0 unspecified atom stereocenters. The molecule has 0 aliphatic carbocycles. The monoisotopic (exact) mass is 261 g/mol. The maximum Gasteiger partial charge on any atom is 0.246 e. The number of nitrogens with two attached hydrogens (primary N) is 1. The van der Waals surface area contributed by atoms with Crippen LogP contribution in [0.15, 0.2) is 24.3 Å². The fraction of sp³-hybridized carbons (Fsp3) is 0.429. The summed E-state index contributed by atoms with van der Waals surface area (Å²) >= 11 is 0. The van der Waals surface area contributed by atoms with Gasteiger partial charge in [-0.15, -0.1) is 0 Å². The Morgan fingerprint density at radius 2 is 2.05 bits per heavy atom. The van der Waals surface area contributed by atoms with Crippen LogP contribution in [-0.2, 0) is 16.0 Å². The van der Waals surface area contributed by atoms with Gasteiger partial charge in [0.2, 0.25) is 11.8 Å². The largest absolute Gasteiger partial charge is 0.345 e. The minimum absolute atomic E-state index is 0.0200. The molecule has 2 amide bonds. The minimum Gasteiger partial charge on any atom is -0.345 e. The molecule has 1 aromatic carbocycles. The average molecular weight is 261 g/mol. The standard InChI is InChI=1S/C14H19N3O2/c1-14(2,15)13(19)16-9-12(18)17-8-7-10-5-3-4-6-11(10)17/h3-6H,7-9,15H2,1-2H3,(H,16,19). The molecule has 102 valence electrons. The molecule has 1 aliphatic heterocycles. The van der Waals surface area contributed by atoms with Crippen LogP contribution < -0.4 is 16.0 Å². The number of benzene rings is 1. The van der Waals surface area contributed by atoms with Crippen molar-refractivity contribution in [1.82, 2.24) is 5.32 Å². The number of anilines is 1. The molecule has 5 nitrogen and oxygen atoms in total. The summed E-state index contributed by atoms with van der Waals surface area (Å²) in [4.78, 5) is 25.4. The highest BCUT2D eigenvalue weighted by molar-refractivity contribution is 5.99. The second kappa shape index (κ2) is 5.01. The summed E-state index contributed by atoms with van der Waals surface area (Å²) in [5, 5.41) is 2.57. The van der Waals surface area contributed by atoms with Gasteiger partial charge in [0.15, 0.2) is 0 Å². The summed E-state index contributed by atoms with van der Waals surface area (Å²) in [5.74, 6) is -0.434. The van der Waals surface area contributed by atoms with Gasteiger partial charge in [-0.25, -0.2) is 0 Å². The number of rotatable bonds is 3. The molecule has 3 N–H and O–H groups in total.